The van der Waals surface area contributed by atoms with Gasteiger partial charge in [-0.2, -0.15) is 0 Å². The van der Waals surface area contributed by atoms with Crippen molar-refractivity contribution in [1.29, 1.82) is 0 Å². The molecule has 0 aromatic rings. The molecule has 0 bridgehead atoms. The van der Waals surface area contributed by atoms with E-state index in [1.807, 2.05) is 6.92 Å². The predicted octanol–water partition coefficient (Wildman–Crippen LogP) is 1.09. The molecule has 0 aromatic heterocycles. The number of nitrogens with one attached hydrogen (secondary N) is 1. The summed E-state index contributed by atoms with van der Waals surface area (Å²) >= 11 is 0. The van der Waals surface area contributed by atoms with Gasteiger partial charge in [-0.05, 0) is 38.1 Å². The van der Waals surface area contributed by atoms with E-state index in [0.29, 0.717) is 31.8 Å². The molecule has 2 saturated heterocycles. The molecule has 19 heavy (non-hydrogen) atoms. The first-order valence-corrected chi connectivity index (χ1v) is 7.26. The molecule has 3 atom stereocenters. The Morgan fingerprint density at radius 1 is 1.47 bits per heavy atom. The number of likely N-dealkylation sites (tertiary alicyclic amines) is 1. The van der Waals surface area contributed by atoms with Crippen LogP contribution in [0.4, 0.5) is 0 Å². The highest BCUT2D eigenvalue weighted by Gasteiger charge is 2.46. The summed E-state index contributed by atoms with van der Waals surface area (Å²) in [5, 5.41) is 12.7. The molecule has 5 nitrogen and oxygen atoms in total. The summed E-state index contributed by atoms with van der Waals surface area (Å²) in [5.74, 6) is -0.346. The van der Waals surface area contributed by atoms with Gasteiger partial charge in [0.1, 0.15) is 0 Å². The maximum absolute atomic E-state index is 12.5. The fourth-order valence-corrected chi connectivity index (χ4v) is 3.25. The van der Waals surface area contributed by atoms with Gasteiger partial charge >= 0.3 is 5.97 Å². The summed E-state index contributed by atoms with van der Waals surface area (Å²) < 4.78 is 0. The maximum Gasteiger partial charge on any atom is 0.311 e. The van der Waals surface area contributed by atoms with Gasteiger partial charge in [0.15, 0.2) is 0 Å². The molecule has 0 aliphatic carbocycles. The van der Waals surface area contributed by atoms with Crippen molar-refractivity contribution in [3.63, 3.8) is 0 Å². The third-order valence-electron chi connectivity index (χ3n) is 4.83. The quantitative estimate of drug-likeness (QED) is 0.804. The molecule has 2 heterocycles. The van der Waals surface area contributed by atoms with E-state index < -0.39 is 11.4 Å². The van der Waals surface area contributed by atoms with E-state index >= 15 is 0 Å². The lowest BCUT2D eigenvalue weighted by Gasteiger charge is -2.32. The molecule has 2 aliphatic rings. The van der Waals surface area contributed by atoms with Crippen molar-refractivity contribution < 1.29 is 14.7 Å². The van der Waals surface area contributed by atoms with Crippen molar-refractivity contribution in [2.75, 3.05) is 19.6 Å². The van der Waals surface area contributed by atoms with Crippen LogP contribution < -0.4 is 5.32 Å². The number of carboxylic acid groups (broad SMARTS) is 1. The molecule has 0 saturated carbocycles. The second-order valence-corrected chi connectivity index (χ2v) is 6.00. The number of hydrogen-bond donors (Lipinski definition) is 2. The monoisotopic (exact) mass is 268 g/mol. The van der Waals surface area contributed by atoms with Crippen molar-refractivity contribution in [2.24, 2.45) is 11.3 Å². The average molecular weight is 268 g/mol. The summed E-state index contributed by atoms with van der Waals surface area (Å²) in [4.78, 5) is 25.7. The van der Waals surface area contributed by atoms with E-state index in [9.17, 15) is 14.7 Å². The SMILES string of the molecule is CCC1(C(=O)O)CCN(C(=O)C2NCCCC2C)C1. The van der Waals surface area contributed by atoms with Crippen molar-refractivity contribution in [3.05, 3.63) is 0 Å². The molecule has 2 aliphatic heterocycles. The Morgan fingerprint density at radius 2 is 2.21 bits per heavy atom. The van der Waals surface area contributed by atoms with Gasteiger partial charge in [0.05, 0.1) is 11.5 Å². The number of carbonyl (C=O) groups excluding carboxylic acids is 1. The minimum atomic E-state index is -0.769. The smallest absolute Gasteiger partial charge is 0.311 e. The number of carbonyl (C=O) groups is 2. The molecule has 108 valence electrons. The first kappa shape index (κ1) is 14.3. The predicted molar refractivity (Wildman–Crippen MR) is 71.7 cm³/mol. The van der Waals surface area contributed by atoms with Gasteiger partial charge in [0.2, 0.25) is 5.91 Å². The highest BCUT2D eigenvalue weighted by Crippen LogP contribution is 2.35. The number of hydrogen-bond acceptors (Lipinski definition) is 3. The summed E-state index contributed by atoms with van der Waals surface area (Å²) in [7, 11) is 0. The van der Waals surface area contributed by atoms with Crippen molar-refractivity contribution in [3.8, 4) is 0 Å². The number of aliphatic carboxylic acids is 1. The Hall–Kier alpha value is -1.10. The fraction of sp³-hybridized carbons (Fsp3) is 0.857. The van der Waals surface area contributed by atoms with E-state index in [0.717, 1.165) is 19.4 Å². The second kappa shape index (κ2) is 5.49. The molecule has 3 unspecified atom stereocenters. The minimum Gasteiger partial charge on any atom is -0.481 e. The molecular weight excluding hydrogens is 244 g/mol. The number of carboxylic acids is 1. The number of piperidine rings is 1. The standard InChI is InChI=1S/C14H24N2O3/c1-3-14(13(18)19)6-8-16(9-14)12(17)11-10(2)5-4-7-15-11/h10-11,15H,3-9H2,1-2H3,(H,18,19). The van der Waals surface area contributed by atoms with Gasteiger partial charge in [-0.15, -0.1) is 0 Å². The number of amides is 1. The van der Waals surface area contributed by atoms with Crippen LogP contribution in [0, 0.1) is 11.3 Å². The molecular formula is C14H24N2O3. The molecule has 1 amide bonds. The third kappa shape index (κ3) is 2.61. The lowest BCUT2D eigenvalue weighted by atomic mass is 9.84. The van der Waals surface area contributed by atoms with E-state index in [4.69, 9.17) is 0 Å². The molecule has 2 fully saturated rings. The van der Waals surface area contributed by atoms with Crippen LogP contribution in [0.2, 0.25) is 0 Å². The van der Waals surface area contributed by atoms with E-state index in [1.165, 1.54) is 0 Å². The normalized spacial score (nSPS) is 35.4. The lowest BCUT2D eigenvalue weighted by Crippen LogP contribution is -2.52. The van der Waals surface area contributed by atoms with E-state index in [2.05, 4.69) is 12.2 Å². The first-order valence-electron chi connectivity index (χ1n) is 7.26. The molecule has 2 N–H and O–H groups in total. The van der Waals surface area contributed by atoms with Crippen LogP contribution in [-0.2, 0) is 9.59 Å². The van der Waals surface area contributed by atoms with Crippen LogP contribution in [0.1, 0.15) is 39.5 Å². The summed E-state index contributed by atoms with van der Waals surface area (Å²) in [6.45, 7) is 5.80. The largest absolute Gasteiger partial charge is 0.481 e. The highest BCUT2D eigenvalue weighted by atomic mass is 16.4. The summed E-state index contributed by atoms with van der Waals surface area (Å²) in [6, 6.07) is -0.129. The van der Waals surface area contributed by atoms with Gasteiger partial charge < -0.3 is 15.3 Å². The Kier molecular flexibility index (Phi) is 4.13. The van der Waals surface area contributed by atoms with Gasteiger partial charge in [0, 0.05) is 13.1 Å². The molecule has 2 rings (SSSR count). The van der Waals surface area contributed by atoms with Crippen LogP contribution in [-0.4, -0.2) is 47.6 Å². The second-order valence-electron chi connectivity index (χ2n) is 6.00. The third-order valence-corrected chi connectivity index (χ3v) is 4.83. The zero-order valence-electron chi connectivity index (χ0n) is 11.8. The van der Waals surface area contributed by atoms with Crippen LogP contribution in [0.15, 0.2) is 0 Å². The Morgan fingerprint density at radius 3 is 2.74 bits per heavy atom. The summed E-state index contributed by atoms with van der Waals surface area (Å²) in [5.41, 5.74) is -0.729. The fourth-order valence-electron chi connectivity index (χ4n) is 3.25. The van der Waals surface area contributed by atoms with Gasteiger partial charge in [-0.1, -0.05) is 13.8 Å². The zero-order valence-corrected chi connectivity index (χ0v) is 11.8. The Balaban J connectivity index is 2.04. The number of rotatable bonds is 3. The Labute approximate surface area is 114 Å². The topological polar surface area (TPSA) is 69.6 Å². The summed E-state index contributed by atoms with van der Waals surface area (Å²) in [6.07, 6.45) is 3.33. The minimum absolute atomic E-state index is 0.0868. The van der Waals surface area contributed by atoms with Crippen LogP contribution in [0.25, 0.3) is 0 Å². The van der Waals surface area contributed by atoms with Gasteiger partial charge in [-0.25, -0.2) is 0 Å². The van der Waals surface area contributed by atoms with Crippen LogP contribution in [0.3, 0.4) is 0 Å². The Bertz CT molecular complexity index is 372. The maximum atomic E-state index is 12.5. The first-order chi connectivity index (χ1) is 9.00. The highest BCUT2D eigenvalue weighted by molar-refractivity contribution is 5.84. The number of nitrogens with zero attached hydrogens (tertiary/aromatic N) is 1. The molecule has 0 spiro atoms. The van der Waals surface area contributed by atoms with Crippen molar-refractivity contribution in [2.45, 2.75) is 45.6 Å². The van der Waals surface area contributed by atoms with E-state index in [-0.39, 0.29) is 11.9 Å². The molecule has 5 heteroatoms. The van der Waals surface area contributed by atoms with Crippen LogP contribution in [0.5, 0.6) is 0 Å². The van der Waals surface area contributed by atoms with Crippen LogP contribution >= 0.6 is 0 Å². The van der Waals surface area contributed by atoms with Crippen molar-refractivity contribution >= 4 is 11.9 Å². The average Bonchev–Trinajstić information content (AvgIpc) is 2.84. The van der Waals surface area contributed by atoms with E-state index in [1.54, 1.807) is 4.90 Å². The molecule has 0 radical (unpaired) electrons. The van der Waals surface area contributed by atoms with Gasteiger partial charge in [0.25, 0.3) is 0 Å². The van der Waals surface area contributed by atoms with Gasteiger partial charge in [-0.3, -0.25) is 9.59 Å². The molecule has 0 aromatic carbocycles. The van der Waals surface area contributed by atoms with Crippen molar-refractivity contribution in [1.82, 2.24) is 10.2 Å². The zero-order chi connectivity index (χ0) is 14.0. The lowest BCUT2D eigenvalue weighted by molar-refractivity contribution is -0.148.